The fraction of sp³-hybridized carbons (Fsp3) is 0.588. The Morgan fingerprint density at radius 1 is 1.38 bits per heavy atom. The van der Waals surface area contributed by atoms with Crippen LogP contribution in [0.1, 0.15) is 32.2 Å². The van der Waals surface area contributed by atoms with Crippen LogP contribution in [0, 0.1) is 5.92 Å². The lowest BCUT2D eigenvalue weighted by atomic mass is 10.0. The van der Waals surface area contributed by atoms with Crippen LogP contribution in [0.2, 0.25) is 0 Å². The highest BCUT2D eigenvalue weighted by Crippen LogP contribution is 2.24. The van der Waals surface area contributed by atoms with E-state index in [4.69, 9.17) is 4.98 Å². The van der Waals surface area contributed by atoms with Gasteiger partial charge in [0.1, 0.15) is 5.01 Å². The maximum Gasteiger partial charge on any atom is 0.108 e. The Labute approximate surface area is 131 Å². The molecule has 2 aromatic rings. The molecule has 114 valence electrons. The summed E-state index contributed by atoms with van der Waals surface area (Å²) < 4.78 is 1.30. The van der Waals surface area contributed by atoms with Gasteiger partial charge in [-0.05, 0) is 31.4 Å². The fourth-order valence-corrected chi connectivity index (χ4v) is 4.10. The zero-order chi connectivity index (χ0) is 14.8. The van der Waals surface area contributed by atoms with Crippen LogP contribution in [0.5, 0.6) is 0 Å². The van der Waals surface area contributed by atoms with Crippen LogP contribution in [-0.4, -0.2) is 35.1 Å². The van der Waals surface area contributed by atoms with E-state index in [1.165, 1.54) is 16.1 Å². The van der Waals surface area contributed by atoms with Crippen molar-refractivity contribution in [2.24, 2.45) is 5.92 Å². The Hall–Kier alpha value is -0.970. The van der Waals surface area contributed by atoms with Gasteiger partial charge in [-0.1, -0.05) is 26.0 Å². The van der Waals surface area contributed by atoms with Crippen LogP contribution in [0.25, 0.3) is 10.2 Å². The molecule has 0 amide bonds. The summed E-state index contributed by atoms with van der Waals surface area (Å²) in [7, 11) is 0. The van der Waals surface area contributed by atoms with Crippen molar-refractivity contribution in [3.8, 4) is 0 Å². The number of hydrogen-bond acceptors (Lipinski definition) is 4. The number of thiazole rings is 1. The molecule has 21 heavy (non-hydrogen) atoms. The van der Waals surface area contributed by atoms with Gasteiger partial charge in [0.15, 0.2) is 0 Å². The molecule has 2 unspecified atom stereocenters. The van der Waals surface area contributed by atoms with Gasteiger partial charge in [0.25, 0.3) is 0 Å². The molecule has 0 bridgehead atoms. The first-order valence-electron chi connectivity index (χ1n) is 7.93. The molecule has 1 aromatic carbocycles. The second-order valence-corrected chi connectivity index (χ2v) is 7.70. The van der Waals surface area contributed by atoms with Gasteiger partial charge >= 0.3 is 0 Å². The zero-order valence-electron chi connectivity index (χ0n) is 13.2. The van der Waals surface area contributed by atoms with E-state index < -0.39 is 0 Å². The maximum absolute atomic E-state index is 4.78. The van der Waals surface area contributed by atoms with Crippen LogP contribution >= 0.6 is 11.3 Å². The molecule has 0 radical (unpaired) electrons. The summed E-state index contributed by atoms with van der Waals surface area (Å²) in [5.41, 5.74) is 1.14. The first-order chi connectivity index (χ1) is 10.1. The number of piperazine rings is 1. The summed E-state index contributed by atoms with van der Waals surface area (Å²) in [6.07, 6.45) is 1.25. The van der Waals surface area contributed by atoms with E-state index in [-0.39, 0.29) is 0 Å². The number of benzene rings is 1. The third-order valence-corrected chi connectivity index (χ3v) is 5.23. The first kappa shape index (κ1) is 14.9. The van der Waals surface area contributed by atoms with Gasteiger partial charge in [0.2, 0.25) is 0 Å². The summed E-state index contributed by atoms with van der Waals surface area (Å²) in [5, 5.41) is 4.93. The van der Waals surface area contributed by atoms with Crippen molar-refractivity contribution in [2.75, 3.05) is 13.1 Å². The number of fused-ring (bicyclic) bond motifs is 1. The molecule has 1 aromatic heterocycles. The molecule has 0 saturated carbocycles. The first-order valence-corrected chi connectivity index (χ1v) is 8.75. The quantitative estimate of drug-likeness (QED) is 0.937. The summed E-state index contributed by atoms with van der Waals surface area (Å²) in [4.78, 5) is 7.37. The van der Waals surface area contributed by atoms with Gasteiger partial charge in [-0.15, -0.1) is 11.3 Å². The Balaban J connectivity index is 1.69. The van der Waals surface area contributed by atoms with Crippen molar-refractivity contribution in [1.82, 2.24) is 15.2 Å². The molecule has 4 heteroatoms. The van der Waals surface area contributed by atoms with Gasteiger partial charge in [-0.3, -0.25) is 4.90 Å². The molecule has 1 N–H and O–H groups in total. The molecule has 1 saturated heterocycles. The van der Waals surface area contributed by atoms with Gasteiger partial charge < -0.3 is 5.32 Å². The number of hydrogen-bond donors (Lipinski definition) is 1. The van der Waals surface area contributed by atoms with E-state index >= 15 is 0 Å². The minimum atomic E-state index is 0.584. The second-order valence-electron chi connectivity index (χ2n) is 6.59. The molecular formula is C17H25N3S. The van der Waals surface area contributed by atoms with E-state index in [0.717, 1.165) is 31.1 Å². The number of para-hydroxylation sites is 1. The molecule has 2 atom stereocenters. The second kappa shape index (κ2) is 6.42. The molecule has 1 fully saturated rings. The van der Waals surface area contributed by atoms with Gasteiger partial charge in [0, 0.05) is 25.2 Å². The lowest BCUT2D eigenvalue weighted by Gasteiger charge is -2.39. The Morgan fingerprint density at radius 2 is 2.19 bits per heavy atom. The van der Waals surface area contributed by atoms with Crippen LogP contribution in [-0.2, 0) is 6.54 Å². The number of nitrogens with zero attached hydrogens (tertiary/aromatic N) is 2. The third kappa shape index (κ3) is 3.62. The molecule has 1 aliphatic heterocycles. The largest absolute Gasteiger partial charge is 0.311 e. The highest BCUT2D eigenvalue weighted by molar-refractivity contribution is 7.18. The highest BCUT2D eigenvalue weighted by atomic mass is 32.1. The van der Waals surface area contributed by atoms with Gasteiger partial charge in [-0.25, -0.2) is 4.98 Å². The monoisotopic (exact) mass is 303 g/mol. The fourth-order valence-electron chi connectivity index (χ4n) is 3.10. The van der Waals surface area contributed by atoms with E-state index in [0.29, 0.717) is 12.1 Å². The SMILES string of the molecule is CC(C)CC1CN(Cc2nc3ccccc3s2)C(C)CN1. The van der Waals surface area contributed by atoms with Crippen molar-refractivity contribution in [3.05, 3.63) is 29.3 Å². The predicted molar refractivity (Wildman–Crippen MR) is 90.7 cm³/mol. The lowest BCUT2D eigenvalue weighted by Crippen LogP contribution is -2.55. The lowest BCUT2D eigenvalue weighted by molar-refractivity contribution is 0.124. The third-order valence-electron chi connectivity index (χ3n) is 4.21. The van der Waals surface area contributed by atoms with Crippen molar-refractivity contribution in [2.45, 2.75) is 45.8 Å². The zero-order valence-corrected chi connectivity index (χ0v) is 14.0. The average Bonchev–Trinajstić information content (AvgIpc) is 2.84. The summed E-state index contributed by atoms with van der Waals surface area (Å²) in [5.74, 6) is 0.750. The minimum Gasteiger partial charge on any atom is -0.311 e. The number of rotatable bonds is 4. The van der Waals surface area contributed by atoms with Crippen LogP contribution < -0.4 is 5.32 Å². The normalized spacial score (nSPS) is 24.0. The highest BCUT2D eigenvalue weighted by Gasteiger charge is 2.26. The van der Waals surface area contributed by atoms with Crippen molar-refractivity contribution >= 4 is 21.6 Å². The van der Waals surface area contributed by atoms with Gasteiger partial charge in [0.05, 0.1) is 16.8 Å². The van der Waals surface area contributed by atoms with Crippen molar-refractivity contribution < 1.29 is 0 Å². The summed E-state index contributed by atoms with van der Waals surface area (Å²) in [6.45, 7) is 10.1. The average molecular weight is 303 g/mol. The minimum absolute atomic E-state index is 0.584. The Bertz CT molecular complexity index is 559. The van der Waals surface area contributed by atoms with E-state index in [1.807, 2.05) is 11.3 Å². The molecule has 3 nitrogen and oxygen atoms in total. The van der Waals surface area contributed by atoms with Crippen LogP contribution in [0.3, 0.4) is 0 Å². The molecular weight excluding hydrogens is 278 g/mol. The van der Waals surface area contributed by atoms with Crippen LogP contribution in [0.4, 0.5) is 0 Å². The van der Waals surface area contributed by atoms with Gasteiger partial charge in [-0.2, -0.15) is 0 Å². The molecule has 1 aliphatic rings. The maximum atomic E-state index is 4.78. The molecule has 0 aliphatic carbocycles. The van der Waals surface area contributed by atoms with E-state index in [1.54, 1.807) is 0 Å². The van der Waals surface area contributed by atoms with E-state index in [2.05, 4.69) is 55.3 Å². The Kier molecular flexibility index (Phi) is 4.57. The number of aromatic nitrogens is 1. The van der Waals surface area contributed by atoms with Crippen molar-refractivity contribution in [1.29, 1.82) is 0 Å². The standard InChI is InChI=1S/C17H25N3S/c1-12(2)8-14-10-20(13(3)9-18-14)11-17-19-15-6-4-5-7-16(15)21-17/h4-7,12-14,18H,8-11H2,1-3H3. The van der Waals surface area contributed by atoms with E-state index in [9.17, 15) is 0 Å². The molecule has 2 heterocycles. The molecule has 0 spiro atoms. The van der Waals surface area contributed by atoms with Crippen molar-refractivity contribution in [3.63, 3.8) is 0 Å². The topological polar surface area (TPSA) is 28.2 Å². The number of nitrogens with one attached hydrogen (secondary N) is 1. The smallest absolute Gasteiger partial charge is 0.108 e. The van der Waals surface area contributed by atoms with Crippen LogP contribution in [0.15, 0.2) is 24.3 Å². The summed E-state index contributed by atoms with van der Waals surface area (Å²) in [6, 6.07) is 9.64. The summed E-state index contributed by atoms with van der Waals surface area (Å²) >= 11 is 1.83. The predicted octanol–water partition coefficient (Wildman–Crippen LogP) is 3.50. The molecule has 3 rings (SSSR count). The Morgan fingerprint density at radius 3 is 2.95 bits per heavy atom.